The summed E-state index contributed by atoms with van der Waals surface area (Å²) < 4.78 is 0. The summed E-state index contributed by atoms with van der Waals surface area (Å²) in [5.74, 6) is 0. The van der Waals surface area contributed by atoms with Gasteiger partial charge in [0.25, 0.3) is 0 Å². The molecule has 0 aromatic rings. The SMILES string of the molecule is NCCN.[Sc]. The van der Waals surface area contributed by atoms with Crippen LogP contribution in [0.4, 0.5) is 0 Å². The fourth-order valence-electron chi connectivity index (χ4n) is 0. The summed E-state index contributed by atoms with van der Waals surface area (Å²) in [5, 5.41) is 0. The van der Waals surface area contributed by atoms with Crippen LogP contribution in [0.25, 0.3) is 0 Å². The molecular weight excluding hydrogens is 97.0 g/mol. The first-order chi connectivity index (χ1) is 1.91. The Morgan fingerprint density at radius 3 is 1.20 bits per heavy atom. The second-order valence-corrected chi connectivity index (χ2v) is 0.577. The first-order valence-electron chi connectivity index (χ1n) is 1.32. The van der Waals surface area contributed by atoms with Crippen molar-refractivity contribution in [3.8, 4) is 0 Å². The van der Waals surface area contributed by atoms with E-state index < -0.39 is 0 Å². The second-order valence-electron chi connectivity index (χ2n) is 0.577. The second kappa shape index (κ2) is 8.84. The van der Waals surface area contributed by atoms with Gasteiger partial charge in [0.15, 0.2) is 0 Å². The summed E-state index contributed by atoms with van der Waals surface area (Å²) in [5.41, 5.74) is 9.81. The molecule has 0 heterocycles. The molecule has 0 bridgehead atoms. The maximum Gasteiger partial charge on any atom is 0.00461 e. The van der Waals surface area contributed by atoms with Crippen molar-refractivity contribution in [2.24, 2.45) is 11.5 Å². The summed E-state index contributed by atoms with van der Waals surface area (Å²) in [6, 6.07) is 0. The van der Waals surface area contributed by atoms with Crippen LogP contribution in [0.2, 0.25) is 0 Å². The van der Waals surface area contributed by atoms with Crippen LogP contribution in [0.5, 0.6) is 0 Å². The monoisotopic (exact) mass is 105 g/mol. The zero-order valence-corrected chi connectivity index (χ0v) is 4.95. The molecule has 1 radical (unpaired) electrons. The molecule has 2 nitrogen and oxygen atoms in total. The molecule has 0 saturated carbocycles. The van der Waals surface area contributed by atoms with Gasteiger partial charge in [0, 0.05) is 38.9 Å². The Labute approximate surface area is 50.7 Å². The summed E-state index contributed by atoms with van der Waals surface area (Å²) in [6.45, 7) is 1.19. The molecule has 0 aromatic heterocycles. The molecule has 0 aliphatic heterocycles. The molecule has 0 amide bonds. The zero-order valence-electron chi connectivity index (χ0n) is 3.15. The van der Waals surface area contributed by atoms with Gasteiger partial charge in [-0.1, -0.05) is 0 Å². The van der Waals surface area contributed by atoms with Crippen molar-refractivity contribution in [3.05, 3.63) is 0 Å². The van der Waals surface area contributed by atoms with Crippen molar-refractivity contribution in [2.75, 3.05) is 13.1 Å². The molecule has 0 aromatic carbocycles. The molecule has 0 atom stereocenters. The molecular formula is C2H8N2Sc. The Morgan fingerprint density at radius 2 is 1.20 bits per heavy atom. The van der Waals surface area contributed by atoms with Gasteiger partial charge in [-0.2, -0.15) is 0 Å². The Balaban J connectivity index is 0. The van der Waals surface area contributed by atoms with Crippen molar-refractivity contribution in [3.63, 3.8) is 0 Å². The topological polar surface area (TPSA) is 52.0 Å². The average molecular weight is 105 g/mol. The first-order valence-corrected chi connectivity index (χ1v) is 1.32. The van der Waals surface area contributed by atoms with E-state index in [-0.39, 0.29) is 25.8 Å². The van der Waals surface area contributed by atoms with Crippen LogP contribution >= 0.6 is 0 Å². The van der Waals surface area contributed by atoms with Crippen molar-refractivity contribution < 1.29 is 25.8 Å². The number of rotatable bonds is 1. The van der Waals surface area contributed by atoms with E-state index in [1.165, 1.54) is 0 Å². The molecule has 0 rings (SSSR count). The minimum Gasteiger partial charge on any atom is -0.329 e. The zero-order chi connectivity index (χ0) is 3.41. The molecule has 0 aliphatic rings. The largest absolute Gasteiger partial charge is 0.329 e. The summed E-state index contributed by atoms with van der Waals surface area (Å²) in [7, 11) is 0. The van der Waals surface area contributed by atoms with Crippen LogP contribution in [0.1, 0.15) is 0 Å². The Hall–Kier alpha value is 0.790. The third kappa shape index (κ3) is 11.6. The molecule has 5 heavy (non-hydrogen) atoms. The molecule has 0 fully saturated rings. The third-order valence-electron chi connectivity index (χ3n) is 0.167. The van der Waals surface area contributed by atoms with E-state index in [9.17, 15) is 0 Å². The summed E-state index contributed by atoms with van der Waals surface area (Å²) in [6.07, 6.45) is 0. The van der Waals surface area contributed by atoms with Crippen LogP contribution < -0.4 is 11.5 Å². The molecule has 4 N–H and O–H groups in total. The van der Waals surface area contributed by atoms with Crippen molar-refractivity contribution in [2.45, 2.75) is 0 Å². The van der Waals surface area contributed by atoms with Crippen molar-refractivity contribution in [1.82, 2.24) is 0 Å². The van der Waals surface area contributed by atoms with E-state index in [2.05, 4.69) is 0 Å². The van der Waals surface area contributed by atoms with E-state index in [1.54, 1.807) is 0 Å². The van der Waals surface area contributed by atoms with E-state index in [1.807, 2.05) is 0 Å². The Kier molecular flexibility index (Phi) is 16.3. The van der Waals surface area contributed by atoms with E-state index in [0.717, 1.165) is 0 Å². The molecule has 0 saturated heterocycles. The van der Waals surface area contributed by atoms with Crippen LogP contribution in [-0.2, 0) is 25.8 Å². The van der Waals surface area contributed by atoms with Crippen molar-refractivity contribution >= 4 is 0 Å². The minimum atomic E-state index is 0. The smallest absolute Gasteiger partial charge is 0.00461 e. The van der Waals surface area contributed by atoms with Gasteiger partial charge in [0.1, 0.15) is 0 Å². The number of nitrogens with two attached hydrogens (primary N) is 2. The minimum absolute atomic E-state index is 0. The molecule has 0 spiro atoms. The van der Waals surface area contributed by atoms with Crippen LogP contribution in [0.15, 0.2) is 0 Å². The summed E-state index contributed by atoms with van der Waals surface area (Å²) in [4.78, 5) is 0. The average Bonchev–Trinajstić information content (AvgIpc) is 1.37. The van der Waals surface area contributed by atoms with Gasteiger partial charge in [0.05, 0.1) is 0 Å². The maximum atomic E-state index is 4.90. The van der Waals surface area contributed by atoms with E-state index >= 15 is 0 Å². The van der Waals surface area contributed by atoms with Gasteiger partial charge in [-0.15, -0.1) is 0 Å². The van der Waals surface area contributed by atoms with Crippen LogP contribution in [0.3, 0.4) is 0 Å². The first kappa shape index (κ1) is 9.25. The Bertz CT molecular complexity index is 9.61. The van der Waals surface area contributed by atoms with Gasteiger partial charge in [-0.3, -0.25) is 0 Å². The van der Waals surface area contributed by atoms with Gasteiger partial charge < -0.3 is 11.5 Å². The van der Waals surface area contributed by atoms with E-state index in [0.29, 0.717) is 13.1 Å². The van der Waals surface area contributed by atoms with Crippen LogP contribution in [0, 0.1) is 0 Å². The Morgan fingerprint density at radius 1 is 1.00 bits per heavy atom. The summed E-state index contributed by atoms with van der Waals surface area (Å²) >= 11 is 0. The van der Waals surface area contributed by atoms with Crippen LogP contribution in [-0.4, -0.2) is 13.1 Å². The predicted octanol–water partition coefficient (Wildman–Crippen LogP) is -1.10. The molecule has 0 unspecified atom stereocenters. The van der Waals surface area contributed by atoms with Gasteiger partial charge >= 0.3 is 0 Å². The van der Waals surface area contributed by atoms with Gasteiger partial charge in [-0.05, 0) is 0 Å². The maximum absolute atomic E-state index is 4.90. The normalized spacial score (nSPS) is 6.00. The number of hydrogen-bond acceptors (Lipinski definition) is 2. The number of hydrogen-bond donors (Lipinski definition) is 2. The fourth-order valence-corrected chi connectivity index (χ4v) is 0. The van der Waals surface area contributed by atoms with Gasteiger partial charge in [-0.25, -0.2) is 0 Å². The van der Waals surface area contributed by atoms with Gasteiger partial charge in [0.2, 0.25) is 0 Å². The van der Waals surface area contributed by atoms with E-state index in [4.69, 9.17) is 11.5 Å². The molecule has 3 heteroatoms. The standard InChI is InChI=1S/C2H8N2.Sc/c3-1-2-4;/h1-4H2;. The third-order valence-corrected chi connectivity index (χ3v) is 0.167. The molecule has 0 aliphatic carbocycles. The fraction of sp³-hybridized carbons (Fsp3) is 1.00. The quantitative estimate of drug-likeness (QED) is 0.444. The van der Waals surface area contributed by atoms with Crippen molar-refractivity contribution in [1.29, 1.82) is 0 Å². The predicted molar refractivity (Wildman–Crippen MR) is 18.1 cm³/mol. The molecule has 29 valence electrons.